The molecule has 0 unspecified atom stereocenters. The van der Waals surface area contributed by atoms with Gasteiger partial charge in [0.05, 0.1) is 45.1 Å². The first-order chi connectivity index (χ1) is 12.8. The van der Waals surface area contributed by atoms with Crippen molar-refractivity contribution in [1.29, 1.82) is 0 Å². The highest BCUT2D eigenvalue weighted by Crippen LogP contribution is 2.50. The summed E-state index contributed by atoms with van der Waals surface area (Å²) in [5.74, 6) is 1.90. The van der Waals surface area contributed by atoms with Gasteiger partial charge in [-0.3, -0.25) is 9.79 Å². The van der Waals surface area contributed by atoms with Gasteiger partial charge in [0.2, 0.25) is 5.78 Å². The van der Waals surface area contributed by atoms with E-state index in [0.717, 1.165) is 11.3 Å². The van der Waals surface area contributed by atoms with E-state index in [4.69, 9.17) is 23.9 Å². The van der Waals surface area contributed by atoms with Crippen LogP contribution in [0, 0.1) is 5.41 Å². The van der Waals surface area contributed by atoms with Gasteiger partial charge in [-0.25, -0.2) is 0 Å². The second-order valence-corrected chi connectivity index (χ2v) is 7.28. The van der Waals surface area contributed by atoms with Crippen molar-refractivity contribution in [2.45, 2.75) is 25.8 Å². The third-order valence-electron chi connectivity index (χ3n) is 4.97. The van der Waals surface area contributed by atoms with Crippen LogP contribution in [0.5, 0.6) is 11.5 Å². The number of methoxy groups -OCH3 is 4. The smallest absolute Gasteiger partial charge is 0.223 e. The topological polar surface area (TPSA) is 66.3 Å². The number of hydrogen-bond donors (Lipinski definition) is 0. The lowest BCUT2D eigenvalue weighted by molar-refractivity contribution is -0.114. The Morgan fingerprint density at radius 1 is 0.963 bits per heavy atom. The molecule has 1 aromatic rings. The molecule has 0 fully saturated rings. The lowest BCUT2D eigenvalue weighted by Crippen LogP contribution is -2.35. The van der Waals surface area contributed by atoms with Gasteiger partial charge in [0, 0.05) is 11.6 Å². The molecule has 27 heavy (non-hydrogen) atoms. The van der Waals surface area contributed by atoms with Crippen molar-refractivity contribution < 1.29 is 23.7 Å². The maximum atomic E-state index is 12.3. The molecule has 6 heteroatoms. The summed E-state index contributed by atoms with van der Waals surface area (Å²) in [6.07, 6.45) is 3.98. The Bertz CT molecular complexity index is 865. The molecule has 2 aliphatic rings. The van der Waals surface area contributed by atoms with E-state index in [-0.39, 0.29) is 11.3 Å². The van der Waals surface area contributed by atoms with Crippen LogP contribution in [0.2, 0.25) is 0 Å². The van der Waals surface area contributed by atoms with Gasteiger partial charge in [0.15, 0.2) is 17.3 Å². The zero-order valence-corrected chi connectivity index (χ0v) is 16.6. The SMILES string of the molecule is COC1=C[C@@]2(CC(C)(C)N=C2c2ccc(OC)c(OC)c2)C(OC)=CC1=O. The molecule has 0 saturated heterocycles. The van der Waals surface area contributed by atoms with Crippen LogP contribution in [0.25, 0.3) is 0 Å². The summed E-state index contributed by atoms with van der Waals surface area (Å²) >= 11 is 0. The van der Waals surface area contributed by atoms with Gasteiger partial charge in [0.1, 0.15) is 5.76 Å². The van der Waals surface area contributed by atoms with Gasteiger partial charge in [-0.05, 0) is 44.5 Å². The van der Waals surface area contributed by atoms with E-state index in [0.29, 0.717) is 29.4 Å². The number of hydrogen-bond acceptors (Lipinski definition) is 6. The summed E-state index contributed by atoms with van der Waals surface area (Å²) < 4.78 is 21.8. The molecule has 0 aromatic heterocycles. The number of carbonyl (C=O) groups is 1. The molecule has 0 saturated carbocycles. The van der Waals surface area contributed by atoms with Gasteiger partial charge in [-0.1, -0.05) is 0 Å². The Labute approximate surface area is 159 Å². The average molecular weight is 371 g/mol. The van der Waals surface area contributed by atoms with E-state index in [1.807, 2.05) is 24.3 Å². The standard InChI is InChI=1S/C21H25NO5/c1-20(2)12-21(11-17(26-5)14(23)10-18(21)27-6)19(22-20)13-7-8-15(24-3)16(9-13)25-4/h7-11H,12H2,1-6H3/t21-/m1/s1. The zero-order valence-electron chi connectivity index (χ0n) is 16.6. The molecule has 0 radical (unpaired) electrons. The van der Waals surface area contributed by atoms with Crippen LogP contribution < -0.4 is 9.47 Å². The minimum absolute atomic E-state index is 0.212. The molecule has 1 atom stereocenters. The van der Waals surface area contributed by atoms with Gasteiger partial charge in [-0.15, -0.1) is 0 Å². The predicted octanol–water partition coefficient (Wildman–Crippen LogP) is 3.30. The molecule has 1 aromatic carbocycles. The van der Waals surface area contributed by atoms with Crippen molar-refractivity contribution in [2.75, 3.05) is 28.4 Å². The van der Waals surface area contributed by atoms with E-state index in [1.165, 1.54) is 13.2 Å². The van der Waals surface area contributed by atoms with E-state index in [2.05, 4.69) is 13.8 Å². The van der Waals surface area contributed by atoms with Crippen LogP contribution in [0.4, 0.5) is 0 Å². The largest absolute Gasteiger partial charge is 0.500 e. The lowest BCUT2D eigenvalue weighted by Gasteiger charge is -2.33. The number of aliphatic imine (C=N–C) groups is 1. The first kappa shape index (κ1) is 19.0. The summed E-state index contributed by atoms with van der Waals surface area (Å²) in [6.45, 7) is 4.12. The summed E-state index contributed by atoms with van der Waals surface area (Å²) in [5.41, 5.74) is 0.665. The number of carbonyl (C=O) groups excluding carboxylic acids is 1. The maximum Gasteiger partial charge on any atom is 0.223 e. The van der Waals surface area contributed by atoms with Gasteiger partial charge in [0.25, 0.3) is 0 Å². The molecule has 0 bridgehead atoms. The second kappa shape index (κ2) is 6.76. The maximum absolute atomic E-state index is 12.3. The van der Waals surface area contributed by atoms with Crippen LogP contribution in [-0.4, -0.2) is 45.5 Å². The third kappa shape index (κ3) is 3.09. The van der Waals surface area contributed by atoms with Crippen molar-refractivity contribution in [3.8, 4) is 11.5 Å². The second-order valence-electron chi connectivity index (χ2n) is 7.28. The predicted molar refractivity (Wildman–Crippen MR) is 102 cm³/mol. The van der Waals surface area contributed by atoms with Crippen LogP contribution in [0.1, 0.15) is 25.8 Å². The Hall–Kier alpha value is -2.76. The average Bonchev–Trinajstić information content (AvgIpc) is 2.93. The van der Waals surface area contributed by atoms with E-state index < -0.39 is 5.41 Å². The van der Waals surface area contributed by atoms with Crippen molar-refractivity contribution in [2.24, 2.45) is 10.4 Å². The minimum atomic E-state index is -0.683. The fraction of sp³-hybridized carbons (Fsp3) is 0.429. The lowest BCUT2D eigenvalue weighted by atomic mass is 9.71. The van der Waals surface area contributed by atoms with E-state index in [9.17, 15) is 4.79 Å². The highest BCUT2D eigenvalue weighted by atomic mass is 16.5. The summed E-state index contributed by atoms with van der Waals surface area (Å²) in [4.78, 5) is 17.3. The molecular weight excluding hydrogens is 346 g/mol. The van der Waals surface area contributed by atoms with Crippen LogP contribution >= 0.6 is 0 Å². The number of rotatable bonds is 5. The molecule has 0 N–H and O–H groups in total. The van der Waals surface area contributed by atoms with Gasteiger partial charge >= 0.3 is 0 Å². The number of ketones is 1. The van der Waals surface area contributed by atoms with Crippen molar-refractivity contribution in [3.63, 3.8) is 0 Å². The van der Waals surface area contributed by atoms with Crippen molar-refractivity contribution in [1.82, 2.24) is 0 Å². The summed E-state index contributed by atoms with van der Waals surface area (Å²) in [6, 6.07) is 5.68. The quantitative estimate of drug-likeness (QED) is 0.794. The third-order valence-corrected chi connectivity index (χ3v) is 4.97. The van der Waals surface area contributed by atoms with Crippen molar-refractivity contribution >= 4 is 11.5 Å². The molecule has 1 spiro atoms. The molecular formula is C21H25NO5. The van der Waals surface area contributed by atoms with Crippen molar-refractivity contribution in [3.05, 3.63) is 47.4 Å². The van der Waals surface area contributed by atoms with Crippen LogP contribution in [0.3, 0.4) is 0 Å². The molecule has 144 valence electrons. The fourth-order valence-electron chi connectivity index (χ4n) is 3.92. The first-order valence-electron chi connectivity index (χ1n) is 8.70. The first-order valence-corrected chi connectivity index (χ1v) is 8.70. The number of ether oxygens (including phenoxy) is 4. The molecule has 1 heterocycles. The van der Waals surface area contributed by atoms with E-state index in [1.54, 1.807) is 21.3 Å². The van der Waals surface area contributed by atoms with Crippen LogP contribution in [-0.2, 0) is 14.3 Å². The molecule has 1 aliphatic heterocycles. The Morgan fingerprint density at radius 3 is 2.26 bits per heavy atom. The number of benzene rings is 1. The molecule has 3 rings (SSSR count). The molecule has 1 aliphatic carbocycles. The highest BCUT2D eigenvalue weighted by molar-refractivity contribution is 6.14. The Kier molecular flexibility index (Phi) is 4.76. The normalized spacial score (nSPS) is 23.5. The monoisotopic (exact) mass is 371 g/mol. The molecule has 6 nitrogen and oxygen atoms in total. The highest BCUT2D eigenvalue weighted by Gasteiger charge is 2.52. The van der Waals surface area contributed by atoms with E-state index >= 15 is 0 Å². The van der Waals surface area contributed by atoms with Gasteiger partial charge < -0.3 is 18.9 Å². The Morgan fingerprint density at radius 2 is 1.67 bits per heavy atom. The minimum Gasteiger partial charge on any atom is -0.500 e. The number of nitrogens with zero attached hydrogens (tertiary/aromatic N) is 1. The molecule has 0 amide bonds. The fourth-order valence-corrected chi connectivity index (χ4v) is 3.92. The Balaban J connectivity index is 2.22. The zero-order chi connectivity index (χ0) is 19.8. The number of allylic oxidation sites excluding steroid dienone is 2. The summed E-state index contributed by atoms with van der Waals surface area (Å²) in [7, 11) is 6.27. The van der Waals surface area contributed by atoms with Crippen LogP contribution in [0.15, 0.2) is 46.9 Å². The van der Waals surface area contributed by atoms with Gasteiger partial charge in [-0.2, -0.15) is 0 Å². The summed E-state index contributed by atoms with van der Waals surface area (Å²) in [5, 5.41) is 0.